The van der Waals surface area contributed by atoms with Crippen molar-refractivity contribution in [3.8, 4) is 0 Å². The first-order valence-corrected chi connectivity index (χ1v) is 3.65. The fourth-order valence-corrected chi connectivity index (χ4v) is 0.965. The van der Waals surface area contributed by atoms with E-state index in [9.17, 15) is 8.78 Å². The predicted octanol–water partition coefficient (Wildman–Crippen LogP) is 2.13. The number of alkyl halides is 2. The minimum atomic E-state index is -2.58. The lowest BCUT2D eigenvalue weighted by atomic mass is 10.2. The molecule has 0 aliphatic heterocycles. The fraction of sp³-hybridized carbons (Fsp3) is 0.286. The van der Waals surface area contributed by atoms with Crippen LogP contribution in [0.15, 0.2) is 12.3 Å². The van der Waals surface area contributed by atoms with E-state index in [4.69, 9.17) is 17.3 Å². The van der Waals surface area contributed by atoms with Gasteiger partial charge in [0.05, 0.1) is 10.7 Å². The van der Waals surface area contributed by atoms with Crippen molar-refractivity contribution in [1.82, 2.24) is 4.98 Å². The maximum atomic E-state index is 12.2. The van der Waals surface area contributed by atoms with Gasteiger partial charge in [0, 0.05) is 18.3 Å². The van der Waals surface area contributed by atoms with Gasteiger partial charge in [-0.15, -0.1) is 0 Å². The van der Waals surface area contributed by atoms with Crippen LogP contribution in [0.5, 0.6) is 0 Å². The van der Waals surface area contributed by atoms with E-state index < -0.39 is 6.43 Å². The Morgan fingerprint density at radius 1 is 1.58 bits per heavy atom. The van der Waals surface area contributed by atoms with Crippen molar-refractivity contribution >= 4 is 11.6 Å². The minimum absolute atomic E-state index is 0.0257. The van der Waals surface area contributed by atoms with Crippen molar-refractivity contribution in [3.05, 3.63) is 28.5 Å². The Balaban J connectivity index is 3.08. The molecule has 0 aliphatic rings. The number of rotatable bonds is 2. The molecule has 0 radical (unpaired) electrons. The lowest BCUT2D eigenvalue weighted by molar-refractivity contribution is 0.151. The van der Waals surface area contributed by atoms with Crippen LogP contribution >= 0.6 is 11.6 Å². The van der Waals surface area contributed by atoms with Crippen LogP contribution in [-0.2, 0) is 6.54 Å². The molecule has 12 heavy (non-hydrogen) atoms. The van der Waals surface area contributed by atoms with E-state index in [2.05, 4.69) is 4.98 Å². The molecule has 2 N–H and O–H groups in total. The van der Waals surface area contributed by atoms with Crippen LogP contribution in [0.1, 0.15) is 17.7 Å². The molecule has 2 nitrogen and oxygen atoms in total. The van der Waals surface area contributed by atoms with Crippen LogP contribution in [-0.4, -0.2) is 4.98 Å². The van der Waals surface area contributed by atoms with Gasteiger partial charge in [0.2, 0.25) is 0 Å². The van der Waals surface area contributed by atoms with E-state index in [1.165, 1.54) is 12.3 Å². The number of nitrogens with zero attached hydrogens (tertiary/aromatic N) is 1. The number of hydrogen-bond acceptors (Lipinski definition) is 2. The molecular weight excluding hydrogens is 186 g/mol. The van der Waals surface area contributed by atoms with Gasteiger partial charge >= 0.3 is 0 Å². The Kier molecular flexibility index (Phi) is 2.94. The number of aromatic nitrogens is 1. The summed E-state index contributed by atoms with van der Waals surface area (Å²) in [5, 5.41) is -0.0257. The molecule has 0 spiro atoms. The van der Waals surface area contributed by atoms with E-state index in [1.807, 2.05) is 0 Å². The third-order valence-corrected chi connectivity index (χ3v) is 1.70. The average molecular weight is 193 g/mol. The standard InChI is InChI=1S/C7H7ClF2N2/c8-6-3-12-4(2-11)1-5(6)7(9)10/h1,3,7H,2,11H2. The Morgan fingerprint density at radius 2 is 2.25 bits per heavy atom. The summed E-state index contributed by atoms with van der Waals surface area (Å²) in [5.74, 6) is 0. The number of hydrogen-bond donors (Lipinski definition) is 1. The van der Waals surface area contributed by atoms with Crippen molar-refractivity contribution in [1.29, 1.82) is 0 Å². The van der Waals surface area contributed by atoms with Crippen LogP contribution in [0.2, 0.25) is 5.02 Å². The summed E-state index contributed by atoms with van der Waals surface area (Å²) in [6.07, 6.45) is -1.39. The summed E-state index contributed by atoms with van der Waals surface area (Å²) in [6, 6.07) is 1.22. The van der Waals surface area contributed by atoms with E-state index in [0.717, 1.165) is 0 Å². The molecule has 0 fully saturated rings. The van der Waals surface area contributed by atoms with Gasteiger partial charge in [-0.1, -0.05) is 11.6 Å². The molecule has 66 valence electrons. The summed E-state index contributed by atoms with van der Waals surface area (Å²) in [6.45, 7) is 0.136. The molecule has 0 unspecified atom stereocenters. The SMILES string of the molecule is NCc1cc(C(F)F)c(Cl)cn1. The van der Waals surface area contributed by atoms with Crippen LogP contribution in [0.25, 0.3) is 0 Å². The highest BCUT2D eigenvalue weighted by atomic mass is 35.5. The topological polar surface area (TPSA) is 38.9 Å². The zero-order chi connectivity index (χ0) is 9.14. The highest BCUT2D eigenvalue weighted by Crippen LogP contribution is 2.26. The zero-order valence-corrected chi connectivity index (χ0v) is 6.85. The highest BCUT2D eigenvalue weighted by Gasteiger charge is 2.12. The Morgan fingerprint density at radius 3 is 2.75 bits per heavy atom. The average Bonchev–Trinajstić information content (AvgIpc) is 2.05. The van der Waals surface area contributed by atoms with Gasteiger partial charge in [-0.05, 0) is 6.07 Å². The molecule has 1 aromatic rings. The fourth-order valence-electron chi connectivity index (χ4n) is 0.779. The van der Waals surface area contributed by atoms with Crippen LogP contribution in [0.3, 0.4) is 0 Å². The maximum Gasteiger partial charge on any atom is 0.265 e. The molecule has 0 saturated carbocycles. The van der Waals surface area contributed by atoms with Crippen molar-refractivity contribution in [2.45, 2.75) is 13.0 Å². The second-order valence-electron chi connectivity index (χ2n) is 2.20. The zero-order valence-electron chi connectivity index (χ0n) is 6.10. The summed E-state index contributed by atoms with van der Waals surface area (Å²) in [5.41, 5.74) is 5.41. The minimum Gasteiger partial charge on any atom is -0.325 e. The second kappa shape index (κ2) is 3.78. The van der Waals surface area contributed by atoms with Crippen LogP contribution < -0.4 is 5.73 Å². The summed E-state index contributed by atoms with van der Waals surface area (Å²) in [4.78, 5) is 3.75. The molecule has 0 saturated heterocycles. The molecule has 0 bridgehead atoms. The molecule has 0 aliphatic carbocycles. The lowest BCUT2D eigenvalue weighted by Crippen LogP contribution is -2.01. The smallest absolute Gasteiger partial charge is 0.265 e. The predicted molar refractivity (Wildman–Crippen MR) is 42.1 cm³/mol. The first kappa shape index (κ1) is 9.35. The maximum absolute atomic E-state index is 12.2. The van der Waals surface area contributed by atoms with E-state index >= 15 is 0 Å². The Labute approximate surface area is 73.4 Å². The van der Waals surface area contributed by atoms with Gasteiger partial charge in [-0.25, -0.2) is 8.78 Å². The van der Waals surface area contributed by atoms with Crippen LogP contribution in [0.4, 0.5) is 8.78 Å². The van der Waals surface area contributed by atoms with E-state index in [1.54, 1.807) is 0 Å². The first-order chi connectivity index (χ1) is 5.65. The molecular formula is C7H7ClF2N2. The van der Waals surface area contributed by atoms with Gasteiger partial charge in [0.25, 0.3) is 6.43 Å². The van der Waals surface area contributed by atoms with Gasteiger partial charge in [0.15, 0.2) is 0 Å². The van der Waals surface area contributed by atoms with Crippen molar-refractivity contribution < 1.29 is 8.78 Å². The third-order valence-electron chi connectivity index (χ3n) is 1.39. The van der Waals surface area contributed by atoms with Gasteiger partial charge in [-0.2, -0.15) is 0 Å². The van der Waals surface area contributed by atoms with Crippen LogP contribution in [0, 0.1) is 0 Å². The molecule has 5 heteroatoms. The molecule has 1 aromatic heterocycles. The molecule has 0 atom stereocenters. The summed E-state index contributed by atoms with van der Waals surface area (Å²) >= 11 is 5.46. The Bertz CT molecular complexity index is 278. The number of halogens is 3. The van der Waals surface area contributed by atoms with Gasteiger partial charge in [-0.3, -0.25) is 4.98 Å². The van der Waals surface area contributed by atoms with Crippen molar-refractivity contribution in [2.24, 2.45) is 5.73 Å². The third kappa shape index (κ3) is 1.89. The molecule has 0 amide bonds. The van der Waals surface area contributed by atoms with E-state index in [0.29, 0.717) is 5.69 Å². The highest BCUT2D eigenvalue weighted by molar-refractivity contribution is 6.31. The largest absolute Gasteiger partial charge is 0.325 e. The quantitative estimate of drug-likeness (QED) is 0.780. The molecule has 0 aromatic carbocycles. The summed E-state index contributed by atoms with van der Waals surface area (Å²) in [7, 11) is 0. The monoisotopic (exact) mass is 192 g/mol. The van der Waals surface area contributed by atoms with E-state index in [-0.39, 0.29) is 17.1 Å². The summed E-state index contributed by atoms with van der Waals surface area (Å²) < 4.78 is 24.4. The second-order valence-corrected chi connectivity index (χ2v) is 2.61. The Hall–Kier alpha value is -0.740. The first-order valence-electron chi connectivity index (χ1n) is 3.27. The molecule has 1 heterocycles. The number of pyridine rings is 1. The molecule has 1 rings (SSSR count). The normalized spacial score (nSPS) is 10.8. The van der Waals surface area contributed by atoms with Gasteiger partial charge < -0.3 is 5.73 Å². The van der Waals surface area contributed by atoms with Crippen molar-refractivity contribution in [3.63, 3.8) is 0 Å². The van der Waals surface area contributed by atoms with Gasteiger partial charge in [0.1, 0.15) is 0 Å². The number of nitrogens with two attached hydrogens (primary N) is 1. The van der Waals surface area contributed by atoms with Crippen molar-refractivity contribution in [2.75, 3.05) is 0 Å². The lowest BCUT2D eigenvalue weighted by Gasteiger charge is -2.03.